The van der Waals surface area contributed by atoms with Gasteiger partial charge in [0.05, 0.1) is 29.6 Å². The lowest BCUT2D eigenvalue weighted by molar-refractivity contribution is 0.812. The maximum atomic E-state index is 9.09. The van der Waals surface area contributed by atoms with Gasteiger partial charge >= 0.3 is 0 Å². The molecule has 3 heterocycles. The van der Waals surface area contributed by atoms with Gasteiger partial charge in [-0.25, -0.2) is 0 Å². The lowest BCUT2D eigenvalue weighted by Gasteiger charge is -2.22. The summed E-state index contributed by atoms with van der Waals surface area (Å²) in [5, 5.41) is 18.3. The van der Waals surface area contributed by atoms with Crippen molar-refractivity contribution in [2.75, 3.05) is 18.0 Å². The first-order valence-electron chi connectivity index (χ1n) is 11.3. The number of hydrogen-bond acceptors (Lipinski definition) is 4. The van der Waals surface area contributed by atoms with Crippen LogP contribution in [0.1, 0.15) is 38.8 Å². The zero-order chi connectivity index (χ0) is 23.5. The Kier molecular flexibility index (Phi) is 6.52. The molecule has 6 nitrogen and oxygen atoms in total. The molecule has 4 aromatic rings. The number of aromatic nitrogens is 4. The third kappa shape index (κ3) is 3.90. The quantitative estimate of drug-likeness (QED) is 0.323. The van der Waals surface area contributed by atoms with Gasteiger partial charge in [0.2, 0.25) is 0 Å². The normalized spacial score (nSPS) is 11.3. The maximum Gasteiger partial charge on any atom is 0.185 e. The summed E-state index contributed by atoms with van der Waals surface area (Å²) in [7, 11) is 0. The summed E-state index contributed by atoms with van der Waals surface area (Å²) >= 11 is 6.91. The van der Waals surface area contributed by atoms with Crippen molar-refractivity contribution < 1.29 is 0 Å². The van der Waals surface area contributed by atoms with Crippen LogP contribution < -0.4 is 4.90 Å². The zero-order valence-electron chi connectivity index (χ0n) is 19.4. The molecule has 0 fully saturated rings. The molecule has 0 N–H and O–H groups in total. The van der Waals surface area contributed by atoms with Crippen molar-refractivity contribution >= 4 is 17.3 Å². The van der Waals surface area contributed by atoms with E-state index in [0.29, 0.717) is 17.3 Å². The van der Waals surface area contributed by atoms with Crippen LogP contribution in [0.15, 0.2) is 54.9 Å². The average Bonchev–Trinajstić information content (AvgIpc) is 3.43. The molecule has 2 aromatic carbocycles. The van der Waals surface area contributed by atoms with Crippen LogP contribution in [0.25, 0.3) is 28.3 Å². The van der Waals surface area contributed by atoms with Crippen molar-refractivity contribution in [1.29, 1.82) is 5.26 Å². The van der Waals surface area contributed by atoms with Gasteiger partial charge in [0.15, 0.2) is 5.82 Å². The fourth-order valence-electron chi connectivity index (χ4n) is 4.27. The molecular formula is C26H27ClN6. The van der Waals surface area contributed by atoms with Crippen LogP contribution in [-0.2, 0) is 6.54 Å². The zero-order valence-corrected chi connectivity index (χ0v) is 20.1. The van der Waals surface area contributed by atoms with Crippen molar-refractivity contribution in [2.24, 2.45) is 0 Å². The molecule has 2 aromatic heterocycles. The number of hydrogen-bond donors (Lipinski definition) is 0. The fraction of sp³-hybridized carbons (Fsp3) is 0.269. The van der Waals surface area contributed by atoms with Gasteiger partial charge in [0, 0.05) is 24.3 Å². The van der Waals surface area contributed by atoms with Gasteiger partial charge in [-0.05, 0) is 61.4 Å². The van der Waals surface area contributed by atoms with E-state index >= 15 is 0 Å². The van der Waals surface area contributed by atoms with Gasteiger partial charge in [0.25, 0.3) is 0 Å². The number of halogens is 1. The van der Waals surface area contributed by atoms with Crippen LogP contribution in [-0.4, -0.2) is 32.4 Å². The second kappa shape index (κ2) is 9.51. The Morgan fingerprint density at radius 3 is 2.45 bits per heavy atom. The van der Waals surface area contributed by atoms with Crippen molar-refractivity contribution in [3.8, 4) is 34.4 Å². The van der Waals surface area contributed by atoms with Gasteiger partial charge in [-0.15, -0.1) is 10.2 Å². The monoisotopic (exact) mass is 458 g/mol. The highest BCUT2D eigenvalue weighted by Crippen LogP contribution is 2.39. The molecule has 0 radical (unpaired) electrons. The summed E-state index contributed by atoms with van der Waals surface area (Å²) < 4.78 is 4.12. The molecular weight excluding hydrogens is 432 g/mol. The fourth-order valence-corrected chi connectivity index (χ4v) is 4.58. The summed E-state index contributed by atoms with van der Waals surface area (Å²) in [6, 6.07) is 18.2. The maximum absolute atomic E-state index is 9.09. The van der Waals surface area contributed by atoms with Crippen LogP contribution in [0.5, 0.6) is 0 Å². The standard InChI is InChI=1S/C24H21ClN6.C2H6/c1-3-29(4-2)19-9-10-21-18(11-19)14-30-22(24-28-27-15-31(21)24)12-20(23(30)25)17-7-5-16(13-26)6-8-17;1-2/h5-12,15H,3-4,14H2,1-2H3;1-2H3. The van der Waals surface area contributed by atoms with Crippen LogP contribution in [0, 0.1) is 11.3 Å². The predicted molar refractivity (Wildman–Crippen MR) is 134 cm³/mol. The average molecular weight is 459 g/mol. The van der Waals surface area contributed by atoms with Gasteiger partial charge in [-0.3, -0.25) is 4.57 Å². The minimum Gasteiger partial charge on any atom is -0.372 e. The Hall–Kier alpha value is -3.56. The molecule has 0 saturated carbocycles. The highest BCUT2D eigenvalue weighted by atomic mass is 35.5. The second-order valence-corrected chi connectivity index (χ2v) is 7.88. The highest BCUT2D eigenvalue weighted by molar-refractivity contribution is 6.32. The minimum absolute atomic E-state index is 0.623. The summed E-state index contributed by atoms with van der Waals surface area (Å²) in [5.41, 5.74) is 6.84. The first-order chi connectivity index (χ1) is 16.1. The second-order valence-electron chi connectivity index (χ2n) is 7.52. The van der Waals surface area contributed by atoms with E-state index in [0.717, 1.165) is 47.0 Å². The van der Waals surface area contributed by atoms with Crippen LogP contribution in [0.4, 0.5) is 5.69 Å². The molecule has 0 aliphatic carbocycles. The molecule has 0 spiro atoms. The molecule has 0 saturated heterocycles. The first-order valence-corrected chi connectivity index (χ1v) is 11.7. The lowest BCUT2D eigenvalue weighted by Crippen LogP contribution is -2.22. The molecule has 33 heavy (non-hydrogen) atoms. The molecule has 1 aliphatic rings. The third-order valence-electron chi connectivity index (χ3n) is 5.91. The Bertz CT molecular complexity index is 1310. The summed E-state index contributed by atoms with van der Waals surface area (Å²) in [6.45, 7) is 10.9. The molecule has 1 aliphatic heterocycles. The highest BCUT2D eigenvalue weighted by Gasteiger charge is 2.25. The first kappa shape index (κ1) is 22.6. The molecule has 0 unspecified atom stereocenters. The Balaban J connectivity index is 0.00000126. The van der Waals surface area contributed by atoms with E-state index in [2.05, 4.69) is 63.8 Å². The van der Waals surface area contributed by atoms with E-state index in [9.17, 15) is 0 Å². The van der Waals surface area contributed by atoms with Crippen LogP contribution in [0.2, 0.25) is 5.15 Å². The molecule has 0 atom stereocenters. The number of anilines is 1. The van der Waals surface area contributed by atoms with E-state index in [-0.39, 0.29) is 0 Å². The van der Waals surface area contributed by atoms with Crippen molar-refractivity contribution in [3.63, 3.8) is 0 Å². The van der Waals surface area contributed by atoms with E-state index in [1.807, 2.05) is 42.7 Å². The largest absolute Gasteiger partial charge is 0.372 e. The summed E-state index contributed by atoms with van der Waals surface area (Å²) in [6.07, 6.45) is 1.75. The van der Waals surface area contributed by atoms with Gasteiger partial charge in [-0.1, -0.05) is 37.6 Å². The predicted octanol–water partition coefficient (Wildman–Crippen LogP) is 6.16. The number of nitriles is 1. The van der Waals surface area contributed by atoms with E-state index in [1.165, 1.54) is 5.69 Å². The van der Waals surface area contributed by atoms with Crippen LogP contribution >= 0.6 is 11.6 Å². The van der Waals surface area contributed by atoms with E-state index in [4.69, 9.17) is 16.9 Å². The van der Waals surface area contributed by atoms with Gasteiger partial charge in [-0.2, -0.15) is 5.26 Å². The van der Waals surface area contributed by atoms with Crippen molar-refractivity contribution in [3.05, 3.63) is 71.1 Å². The third-order valence-corrected chi connectivity index (χ3v) is 6.32. The molecule has 5 rings (SSSR count). The van der Waals surface area contributed by atoms with Gasteiger partial charge in [0.1, 0.15) is 11.5 Å². The molecule has 0 amide bonds. The van der Waals surface area contributed by atoms with Gasteiger partial charge < -0.3 is 9.47 Å². The Labute approximate surface area is 199 Å². The number of benzene rings is 2. The van der Waals surface area contributed by atoms with E-state index < -0.39 is 0 Å². The number of fused-ring (bicyclic) bond motifs is 5. The van der Waals surface area contributed by atoms with E-state index in [1.54, 1.807) is 6.33 Å². The minimum atomic E-state index is 0.623. The topological polar surface area (TPSA) is 62.7 Å². The van der Waals surface area contributed by atoms with Crippen LogP contribution in [0.3, 0.4) is 0 Å². The van der Waals surface area contributed by atoms with Crippen molar-refractivity contribution in [1.82, 2.24) is 19.3 Å². The SMILES string of the molecule is CC.CCN(CC)c1ccc2c(c1)Cn1c(cc(-c3ccc(C#N)cc3)c1Cl)-c1nncn1-2. The lowest BCUT2D eigenvalue weighted by atomic mass is 10.1. The molecule has 7 heteroatoms. The Morgan fingerprint density at radius 1 is 1.06 bits per heavy atom. The number of nitrogens with zero attached hydrogens (tertiary/aromatic N) is 6. The van der Waals surface area contributed by atoms with Crippen molar-refractivity contribution in [2.45, 2.75) is 34.2 Å². The molecule has 168 valence electrons. The molecule has 0 bridgehead atoms. The summed E-state index contributed by atoms with van der Waals surface area (Å²) in [4.78, 5) is 2.33. The smallest absolute Gasteiger partial charge is 0.185 e. The Morgan fingerprint density at radius 2 is 1.79 bits per heavy atom. The number of rotatable bonds is 4. The summed E-state index contributed by atoms with van der Waals surface area (Å²) in [5.74, 6) is 0.760.